The van der Waals surface area contributed by atoms with Crippen molar-refractivity contribution in [2.45, 2.75) is 46.1 Å². The van der Waals surface area contributed by atoms with Gasteiger partial charge in [0.05, 0.1) is 24.1 Å². The van der Waals surface area contributed by atoms with E-state index in [-0.39, 0.29) is 17.2 Å². The zero-order valence-electron chi connectivity index (χ0n) is 17.1. The molecule has 2 amide bonds. The van der Waals surface area contributed by atoms with E-state index in [0.29, 0.717) is 31.7 Å². The maximum absolute atomic E-state index is 13.0. The molecule has 0 aromatic carbocycles. The molecule has 2 aliphatic rings. The summed E-state index contributed by atoms with van der Waals surface area (Å²) in [7, 11) is 0. The van der Waals surface area contributed by atoms with E-state index < -0.39 is 0 Å². The van der Waals surface area contributed by atoms with Gasteiger partial charge in [0.15, 0.2) is 0 Å². The largest absolute Gasteiger partial charge is 0.337 e. The molecule has 2 saturated heterocycles. The third-order valence-corrected chi connectivity index (χ3v) is 5.99. The Labute approximate surface area is 171 Å². The molecule has 0 radical (unpaired) electrons. The minimum absolute atomic E-state index is 0.0133. The van der Waals surface area contributed by atoms with Gasteiger partial charge in [0.2, 0.25) is 5.91 Å². The molecule has 1 atom stereocenters. The second-order valence-corrected chi connectivity index (χ2v) is 8.39. The van der Waals surface area contributed by atoms with Crippen LogP contribution in [0.3, 0.4) is 0 Å². The second kappa shape index (κ2) is 7.89. The first kappa shape index (κ1) is 19.5. The predicted molar refractivity (Wildman–Crippen MR) is 108 cm³/mol. The first-order chi connectivity index (χ1) is 13.9. The van der Waals surface area contributed by atoms with E-state index in [9.17, 15) is 9.59 Å². The van der Waals surface area contributed by atoms with E-state index in [0.717, 1.165) is 42.9 Å². The molecule has 4 rings (SSSR count). The first-order valence-corrected chi connectivity index (χ1v) is 10.2. The number of nitrogens with zero attached hydrogens (tertiary/aromatic N) is 5. The molecule has 29 heavy (non-hydrogen) atoms. The molecule has 7 nitrogen and oxygen atoms in total. The van der Waals surface area contributed by atoms with Gasteiger partial charge in [0.1, 0.15) is 5.69 Å². The van der Waals surface area contributed by atoms with Crippen molar-refractivity contribution in [2.75, 3.05) is 19.6 Å². The van der Waals surface area contributed by atoms with Gasteiger partial charge in [0.25, 0.3) is 5.91 Å². The van der Waals surface area contributed by atoms with E-state index in [1.807, 2.05) is 35.8 Å². The maximum atomic E-state index is 13.0. The lowest BCUT2D eigenvalue weighted by Gasteiger charge is -2.48. The smallest absolute Gasteiger partial charge is 0.272 e. The summed E-state index contributed by atoms with van der Waals surface area (Å²) in [6, 6.07) is 5.55. The minimum atomic E-state index is -0.0518. The number of amides is 2. The zero-order chi connectivity index (χ0) is 20.4. The standard InChI is InChI=1S/C22H27N5O2/c1-16-5-3-6-19(25-16)21(29)26-10-4-8-22(14-26)9-7-20(28)27(15-22)13-18-12-23-17(2)11-24-18/h3,5-6,11-12H,4,7-10,13-15H2,1-2H3/t22-/m1/s1. The van der Waals surface area contributed by atoms with Gasteiger partial charge in [-0.2, -0.15) is 0 Å². The van der Waals surface area contributed by atoms with Gasteiger partial charge in [-0.25, -0.2) is 4.98 Å². The number of hydrogen-bond acceptors (Lipinski definition) is 5. The maximum Gasteiger partial charge on any atom is 0.272 e. The highest BCUT2D eigenvalue weighted by atomic mass is 16.2. The number of aromatic nitrogens is 3. The van der Waals surface area contributed by atoms with Crippen LogP contribution in [0.5, 0.6) is 0 Å². The Morgan fingerprint density at radius 3 is 2.72 bits per heavy atom. The summed E-state index contributed by atoms with van der Waals surface area (Å²) < 4.78 is 0. The van der Waals surface area contributed by atoms with Crippen LogP contribution in [-0.4, -0.2) is 56.2 Å². The van der Waals surface area contributed by atoms with Gasteiger partial charge in [0, 0.05) is 43.4 Å². The van der Waals surface area contributed by atoms with Crippen molar-refractivity contribution in [2.24, 2.45) is 5.41 Å². The lowest BCUT2D eigenvalue weighted by atomic mass is 9.73. The van der Waals surface area contributed by atoms with Crippen molar-refractivity contribution in [1.82, 2.24) is 24.8 Å². The van der Waals surface area contributed by atoms with E-state index in [4.69, 9.17) is 0 Å². The number of carbonyl (C=O) groups is 2. The quantitative estimate of drug-likeness (QED) is 0.801. The number of aryl methyl sites for hydroxylation is 2. The average Bonchev–Trinajstić information content (AvgIpc) is 2.72. The molecule has 2 aliphatic heterocycles. The van der Waals surface area contributed by atoms with Crippen molar-refractivity contribution < 1.29 is 9.59 Å². The highest BCUT2D eigenvalue weighted by Gasteiger charge is 2.43. The number of likely N-dealkylation sites (tertiary alicyclic amines) is 2. The Hall–Kier alpha value is -2.83. The molecule has 1 spiro atoms. The Morgan fingerprint density at radius 1 is 1.10 bits per heavy atom. The molecule has 152 valence electrons. The lowest BCUT2D eigenvalue weighted by molar-refractivity contribution is -0.139. The summed E-state index contributed by atoms with van der Waals surface area (Å²) >= 11 is 0. The molecule has 2 aromatic rings. The van der Waals surface area contributed by atoms with Crippen molar-refractivity contribution >= 4 is 11.8 Å². The molecule has 0 bridgehead atoms. The molecule has 7 heteroatoms. The molecular weight excluding hydrogens is 366 g/mol. The third-order valence-electron chi connectivity index (χ3n) is 5.99. The summed E-state index contributed by atoms with van der Waals surface area (Å²) in [4.78, 5) is 42.5. The summed E-state index contributed by atoms with van der Waals surface area (Å²) in [5, 5.41) is 0. The van der Waals surface area contributed by atoms with Crippen molar-refractivity contribution in [3.63, 3.8) is 0 Å². The van der Waals surface area contributed by atoms with Crippen molar-refractivity contribution in [3.8, 4) is 0 Å². The summed E-state index contributed by atoms with van der Waals surface area (Å²) in [6.07, 6.45) is 6.79. The van der Waals surface area contributed by atoms with Crippen LogP contribution in [0, 0.1) is 19.3 Å². The van der Waals surface area contributed by atoms with Crippen molar-refractivity contribution in [3.05, 3.63) is 53.4 Å². The fraction of sp³-hybridized carbons (Fsp3) is 0.500. The molecular formula is C22H27N5O2. The number of carbonyl (C=O) groups excluding carboxylic acids is 2. The van der Waals surface area contributed by atoms with Gasteiger partial charge in [-0.05, 0) is 45.2 Å². The molecule has 2 fully saturated rings. The van der Waals surface area contributed by atoms with Gasteiger partial charge in [-0.1, -0.05) is 6.07 Å². The zero-order valence-corrected chi connectivity index (χ0v) is 17.1. The van der Waals surface area contributed by atoms with Crippen LogP contribution in [-0.2, 0) is 11.3 Å². The summed E-state index contributed by atoms with van der Waals surface area (Å²) in [5.41, 5.74) is 2.95. The van der Waals surface area contributed by atoms with E-state index in [1.165, 1.54) is 0 Å². The van der Waals surface area contributed by atoms with Crippen LogP contribution in [0.15, 0.2) is 30.6 Å². The SMILES string of the molecule is Cc1cnc(CN2C[C@]3(CCCN(C(=O)c4cccc(C)n4)C3)CCC2=O)cn1. The lowest BCUT2D eigenvalue weighted by Crippen LogP contribution is -2.55. The van der Waals surface area contributed by atoms with Crippen molar-refractivity contribution in [1.29, 1.82) is 0 Å². The van der Waals surface area contributed by atoms with Crippen LogP contribution >= 0.6 is 0 Å². The van der Waals surface area contributed by atoms with E-state index in [1.54, 1.807) is 18.5 Å². The monoisotopic (exact) mass is 393 g/mol. The van der Waals surface area contributed by atoms with Gasteiger partial charge < -0.3 is 9.80 Å². The highest BCUT2D eigenvalue weighted by molar-refractivity contribution is 5.92. The fourth-order valence-corrected chi connectivity index (χ4v) is 4.48. The summed E-state index contributed by atoms with van der Waals surface area (Å²) in [6.45, 7) is 6.34. The minimum Gasteiger partial charge on any atom is -0.337 e. The Balaban J connectivity index is 1.48. The van der Waals surface area contributed by atoms with Crippen LogP contribution in [0.1, 0.15) is 53.3 Å². The molecule has 2 aromatic heterocycles. The topological polar surface area (TPSA) is 79.3 Å². The fourth-order valence-electron chi connectivity index (χ4n) is 4.48. The van der Waals surface area contributed by atoms with Crippen LogP contribution < -0.4 is 0 Å². The number of pyridine rings is 1. The second-order valence-electron chi connectivity index (χ2n) is 8.39. The van der Waals surface area contributed by atoms with Crippen LogP contribution in [0.25, 0.3) is 0 Å². The molecule has 4 heterocycles. The van der Waals surface area contributed by atoms with Gasteiger partial charge in [-0.15, -0.1) is 0 Å². The molecule has 0 unspecified atom stereocenters. The van der Waals surface area contributed by atoms with Gasteiger partial charge in [-0.3, -0.25) is 19.6 Å². The normalized spacial score (nSPS) is 22.2. The average molecular weight is 393 g/mol. The van der Waals surface area contributed by atoms with E-state index in [2.05, 4.69) is 15.0 Å². The van der Waals surface area contributed by atoms with Crippen LogP contribution in [0.2, 0.25) is 0 Å². The molecule has 0 aliphatic carbocycles. The highest BCUT2D eigenvalue weighted by Crippen LogP contribution is 2.39. The molecule has 0 saturated carbocycles. The van der Waals surface area contributed by atoms with Crippen LogP contribution in [0.4, 0.5) is 0 Å². The predicted octanol–water partition coefficient (Wildman–Crippen LogP) is 2.53. The van der Waals surface area contributed by atoms with Gasteiger partial charge >= 0.3 is 0 Å². The van der Waals surface area contributed by atoms with E-state index >= 15 is 0 Å². The Kier molecular flexibility index (Phi) is 5.30. The number of hydrogen-bond donors (Lipinski definition) is 0. The third kappa shape index (κ3) is 4.28. The Bertz CT molecular complexity index is 914. The Morgan fingerprint density at radius 2 is 1.97 bits per heavy atom. The number of piperidine rings is 2. The molecule has 0 N–H and O–H groups in total. The summed E-state index contributed by atoms with van der Waals surface area (Å²) in [5.74, 6) is 0.141. The first-order valence-electron chi connectivity index (χ1n) is 10.2. The number of rotatable bonds is 3.